The van der Waals surface area contributed by atoms with Gasteiger partial charge >= 0.3 is 0 Å². The summed E-state index contributed by atoms with van der Waals surface area (Å²) in [6.07, 6.45) is 6.41. The number of carbonyl (C=O) groups excluding carboxylic acids is 2. The highest BCUT2D eigenvalue weighted by molar-refractivity contribution is 6.35. The smallest absolute Gasteiger partial charge is 0.277 e. The van der Waals surface area contributed by atoms with Crippen LogP contribution < -0.4 is 0 Å². The third kappa shape index (κ3) is 6.87. The second kappa shape index (κ2) is 13.2. The van der Waals surface area contributed by atoms with Gasteiger partial charge in [0.2, 0.25) is 0 Å². The van der Waals surface area contributed by atoms with Crippen molar-refractivity contribution >= 4 is 17.4 Å². The molecule has 0 spiro atoms. The van der Waals surface area contributed by atoms with Crippen molar-refractivity contribution < 1.29 is 23.5 Å². The number of halogens is 1. The number of unbranched alkanes of at least 4 members (excludes halogenated alkanes) is 5. The fourth-order valence-corrected chi connectivity index (χ4v) is 3.73. The molecular weight excluding hydrogens is 399 g/mol. The van der Waals surface area contributed by atoms with E-state index in [1.165, 1.54) is 36.3 Å². The molecule has 1 aliphatic heterocycles. The van der Waals surface area contributed by atoms with Crippen LogP contribution in [0.1, 0.15) is 51.0 Å². The van der Waals surface area contributed by atoms with Crippen LogP contribution in [0.4, 0.5) is 4.39 Å². The lowest BCUT2D eigenvalue weighted by Crippen LogP contribution is -2.38. The molecule has 1 heterocycles. The second-order valence-electron chi connectivity index (χ2n) is 7.73. The molecule has 1 aromatic rings. The Kier molecular flexibility index (Phi) is 10.7. The number of carbonyl (C=O) groups is 2. The molecule has 7 heteroatoms. The van der Waals surface area contributed by atoms with Crippen molar-refractivity contribution in [1.29, 1.82) is 0 Å². The van der Waals surface area contributed by atoms with Crippen molar-refractivity contribution in [2.75, 3.05) is 47.1 Å². The summed E-state index contributed by atoms with van der Waals surface area (Å²) in [6.45, 7) is 4.27. The van der Waals surface area contributed by atoms with E-state index in [0.717, 1.165) is 19.3 Å². The number of amides is 2. The highest BCUT2D eigenvalue weighted by Gasteiger charge is 2.41. The average molecular weight is 435 g/mol. The van der Waals surface area contributed by atoms with Gasteiger partial charge in [-0.15, -0.1) is 0 Å². The zero-order valence-corrected chi connectivity index (χ0v) is 19.0. The summed E-state index contributed by atoms with van der Waals surface area (Å²) in [5.41, 5.74) is 1.21. The lowest BCUT2D eigenvalue weighted by atomic mass is 10.0. The Morgan fingerprint density at radius 2 is 1.45 bits per heavy atom. The van der Waals surface area contributed by atoms with Crippen LogP contribution in [-0.2, 0) is 19.1 Å². The summed E-state index contributed by atoms with van der Waals surface area (Å²) in [6, 6.07) is 5.72. The number of rotatable bonds is 15. The highest BCUT2D eigenvalue weighted by atomic mass is 19.1. The van der Waals surface area contributed by atoms with Crippen molar-refractivity contribution in [3.8, 4) is 0 Å². The van der Waals surface area contributed by atoms with E-state index in [0.29, 0.717) is 49.7 Å². The predicted octanol–water partition coefficient (Wildman–Crippen LogP) is 3.86. The Bertz CT molecular complexity index is 740. The van der Waals surface area contributed by atoms with E-state index in [9.17, 15) is 14.0 Å². The number of nitrogens with zero attached hydrogens (tertiary/aromatic N) is 2. The van der Waals surface area contributed by atoms with Crippen molar-refractivity contribution in [1.82, 2.24) is 9.80 Å². The number of methoxy groups -OCH3 is 2. The molecule has 6 nitrogen and oxygen atoms in total. The van der Waals surface area contributed by atoms with Crippen LogP contribution in [0.2, 0.25) is 0 Å². The molecule has 0 saturated carbocycles. The molecule has 0 fully saturated rings. The maximum atomic E-state index is 13.5. The van der Waals surface area contributed by atoms with E-state index in [4.69, 9.17) is 9.47 Å². The van der Waals surface area contributed by atoms with Crippen molar-refractivity contribution in [3.63, 3.8) is 0 Å². The van der Waals surface area contributed by atoms with Gasteiger partial charge in [-0.2, -0.15) is 0 Å². The van der Waals surface area contributed by atoms with Crippen LogP contribution in [-0.4, -0.2) is 68.7 Å². The first-order valence-electron chi connectivity index (χ1n) is 11.1. The zero-order chi connectivity index (χ0) is 22.6. The van der Waals surface area contributed by atoms with Crippen molar-refractivity contribution in [2.24, 2.45) is 0 Å². The molecule has 172 valence electrons. The minimum Gasteiger partial charge on any atom is -0.383 e. The van der Waals surface area contributed by atoms with Crippen LogP contribution >= 0.6 is 0 Å². The number of hydrogen-bond donors (Lipinski definition) is 0. The molecule has 0 unspecified atom stereocenters. The molecular formula is C24H35FN2O4. The van der Waals surface area contributed by atoms with Crippen LogP contribution in [0.5, 0.6) is 0 Å². The first-order chi connectivity index (χ1) is 15.0. The van der Waals surface area contributed by atoms with Crippen LogP contribution in [0.25, 0.3) is 5.57 Å². The van der Waals surface area contributed by atoms with E-state index < -0.39 is 0 Å². The molecule has 0 bridgehead atoms. The first kappa shape index (κ1) is 25.0. The quantitative estimate of drug-likeness (QED) is 0.310. The van der Waals surface area contributed by atoms with Crippen LogP contribution in [0.15, 0.2) is 30.0 Å². The largest absolute Gasteiger partial charge is 0.383 e. The van der Waals surface area contributed by atoms with Gasteiger partial charge in [-0.1, -0.05) is 51.2 Å². The van der Waals surface area contributed by atoms with Gasteiger partial charge in [-0.05, 0) is 24.1 Å². The Balaban J connectivity index is 2.28. The van der Waals surface area contributed by atoms with Crippen molar-refractivity contribution in [3.05, 3.63) is 41.3 Å². The van der Waals surface area contributed by atoms with E-state index in [1.54, 1.807) is 26.4 Å². The Morgan fingerprint density at radius 3 is 2.03 bits per heavy atom. The molecule has 0 aromatic heterocycles. The average Bonchev–Trinajstić information content (AvgIpc) is 3.01. The van der Waals surface area contributed by atoms with Gasteiger partial charge in [0.15, 0.2) is 0 Å². The summed E-state index contributed by atoms with van der Waals surface area (Å²) < 4.78 is 23.9. The summed E-state index contributed by atoms with van der Waals surface area (Å²) in [5, 5.41) is 0. The number of hydrogen-bond acceptors (Lipinski definition) is 5. The van der Waals surface area contributed by atoms with Gasteiger partial charge in [0.05, 0.1) is 18.8 Å². The van der Waals surface area contributed by atoms with Gasteiger partial charge in [0.25, 0.3) is 11.8 Å². The summed E-state index contributed by atoms with van der Waals surface area (Å²) in [7, 11) is 3.19. The van der Waals surface area contributed by atoms with E-state index in [1.807, 2.05) is 4.90 Å². The predicted molar refractivity (Wildman–Crippen MR) is 119 cm³/mol. The molecule has 31 heavy (non-hydrogen) atoms. The van der Waals surface area contributed by atoms with E-state index in [2.05, 4.69) is 6.92 Å². The number of ether oxygens (including phenoxy) is 2. The molecule has 0 atom stereocenters. The maximum Gasteiger partial charge on any atom is 0.277 e. The molecule has 2 amide bonds. The molecule has 1 aromatic carbocycles. The first-order valence-corrected chi connectivity index (χ1v) is 11.1. The molecule has 0 aliphatic carbocycles. The van der Waals surface area contributed by atoms with Crippen molar-refractivity contribution in [2.45, 2.75) is 45.4 Å². The highest BCUT2D eigenvalue weighted by Crippen LogP contribution is 2.32. The fraction of sp³-hybridized carbons (Fsp3) is 0.583. The zero-order valence-electron chi connectivity index (χ0n) is 19.0. The summed E-state index contributed by atoms with van der Waals surface area (Å²) in [4.78, 5) is 29.8. The van der Waals surface area contributed by atoms with Gasteiger partial charge in [0.1, 0.15) is 11.5 Å². The second-order valence-corrected chi connectivity index (χ2v) is 7.73. The normalized spacial score (nSPS) is 14.1. The molecule has 2 rings (SSSR count). The van der Waals surface area contributed by atoms with Gasteiger partial charge in [0, 0.05) is 33.9 Å². The standard InChI is InChI=1S/C24H35FN2O4/c1-4-5-6-7-8-9-14-27-23(28)21(19-10-12-20(25)13-11-19)22(24(27)29)26(15-17-30-2)16-18-31-3/h10-13H,4-9,14-18H2,1-3H3. The summed E-state index contributed by atoms with van der Waals surface area (Å²) >= 11 is 0. The number of imide groups is 1. The Hall–Kier alpha value is -2.25. The summed E-state index contributed by atoms with van der Waals surface area (Å²) in [5.74, 6) is -1.01. The number of benzene rings is 1. The molecule has 0 radical (unpaired) electrons. The van der Waals surface area contributed by atoms with Crippen LogP contribution in [0.3, 0.4) is 0 Å². The van der Waals surface area contributed by atoms with E-state index in [-0.39, 0.29) is 17.6 Å². The van der Waals surface area contributed by atoms with Crippen LogP contribution in [0, 0.1) is 5.82 Å². The fourth-order valence-electron chi connectivity index (χ4n) is 3.73. The molecule has 0 saturated heterocycles. The van der Waals surface area contributed by atoms with Gasteiger partial charge < -0.3 is 14.4 Å². The molecule has 0 N–H and O–H groups in total. The third-order valence-electron chi connectivity index (χ3n) is 5.46. The SMILES string of the molecule is CCCCCCCCN1C(=O)C(c2ccc(F)cc2)=C(N(CCOC)CCOC)C1=O. The minimum absolute atomic E-state index is 0.301. The van der Waals surface area contributed by atoms with Gasteiger partial charge in [-0.25, -0.2) is 4.39 Å². The monoisotopic (exact) mass is 434 g/mol. The topological polar surface area (TPSA) is 59.1 Å². The minimum atomic E-state index is -0.387. The Labute approximate surface area is 185 Å². The third-order valence-corrected chi connectivity index (χ3v) is 5.46. The lowest BCUT2D eigenvalue weighted by Gasteiger charge is -2.25. The van der Waals surface area contributed by atoms with E-state index >= 15 is 0 Å². The maximum absolute atomic E-state index is 13.5. The lowest BCUT2D eigenvalue weighted by molar-refractivity contribution is -0.137. The molecule has 1 aliphatic rings. The Morgan fingerprint density at radius 1 is 0.871 bits per heavy atom. The van der Waals surface area contributed by atoms with Gasteiger partial charge in [-0.3, -0.25) is 14.5 Å².